The minimum Gasteiger partial charge on any atom is -0.476 e. The number of hydrogen-bond acceptors (Lipinski definition) is 4. The number of carboxylic acids is 1. The molecule has 17 heavy (non-hydrogen) atoms. The van der Waals surface area contributed by atoms with Crippen LogP contribution in [-0.2, 0) is 5.75 Å². The number of aromatic nitrogens is 1. The lowest BCUT2D eigenvalue weighted by Gasteiger charge is -1.99. The van der Waals surface area contributed by atoms with E-state index in [4.69, 9.17) is 16.7 Å². The van der Waals surface area contributed by atoms with Crippen LogP contribution in [-0.4, -0.2) is 15.4 Å². The molecule has 1 N–H and O–H groups in total. The number of hydrogen-bond donors (Lipinski definition) is 1. The maximum absolute atomic E-state index is 10.8. The van der Waals surface area contributed by atoms with E-state index in [0.29, 0.717) is 0 Å². The fourth-order valence-electron chi connectivity index (χ4n) is 1.21. The molecule has 1 heterocycles. The summed E-state index contributed by atoms with van der Waals surface area (Å²) in [4.78, 5) is 10.8. The van der Waals surface area contributed by atoms with Gasteiger partial charge in [0.15, 0.2) is 5.69 Å². The highest BCUT2D eigenvalue weighted by molar-refractivity contribution is 8.00. The first-order chi connectivity index (χ1) is 8.18. The lowest BCUT2D eigenvalue weighted by Crippen LogP contribution is -1.96. The predicted octanol–water partition coefficient (Wildman–Crippen LogP) is 3.79. The number of carbonyl (C=O) groups is 1. The monoisotopic (exact) mass is 285 g/mol. The minimum absolute atomic E-state index is 0.0628. The maximum Gasteiger partial charge on any atom is 0.357 e. The standard InChI is InChI=1S/C11H8ClNO2S2/c12-8-9(10(14)15)13-17-11(8)16-6-7-4-2-1-3-5-7/h1-5H,6H2,(H,14,15). The average molecular weight is 286 g/mol. The quantitative estimate of drug-likeness (QED) is 0.869. The average Bonchev–Trinajstić information content (AvgIpc) is 2.69. The Balaban J connectivity index is 2.07. The third-order valence-corrected chi connectivity index (χ3v) is 4.78. The molecule has 6 heteroatoms. The van der Waals surface area contributed by atoms with Crippen molar-refractivity contribution in [1.82, 2.24) is 4.37 Å². The first kappa shape index (κ1) is 12.4. The van der Waals surface area contributed by atoms with Gasteiger partial charge in [-0.1, -0.05) is 41.9 Å². The lowest BCUT2D eigenvalue weighted by atomic mass is 10.2. The van der Waals surface area contributed by atoms with E-state index in [-0.39, 0.29) is 10.7 Å². The second-order valence-corrected chi connectivity index (χ2v) is 5.61. The van der Waals surface area contributed by atoms with E-state index >= 15 is 0 Å². The van der Waals surface area contributed by atoms with Crippen molar-refractivity contribution in [2.45, 2.75) is 9.96 Å². The van der Waals surface area contributed by atoms with E-state index in [2.05, 4.69) is 4.37 Å². The van der Waals surface area contributed by atoms with Crippen molar-refractivity contribution in [1.29, 1.82) is 0 Å². The smallest absolute Gasteiger partial charge is 0.357 e. The Bertz CT molecular complexity index is 528. The van der Waals surface area contributed by atoms with Crippen LogP contribution in [0.3, 0.4) is 0 Å². The van der Waals surface area contributed by atoms with Crippen LogP contribution in [0, 0.1) is 0 Å². The molecule has 2 aromatic rings. The van der Waals surface area contributed by atoms with Gasteiger partial charge < -0.3 is 5.11 Å². The van der Waals surface area contributed by atoms with Crippen molar-refractivity contribution in [2.24, 2.45) is 0 Å². The molecule has 88 valence electrons. The van der Waals surface area contributed by atoms with Crippen molar-refractivity contribution in [3.63, 3.8) is 0 Å². The summed E-state index contributed by atoms with van der Waals surface area (Å²) in [6, 6.07) is 9.91. The van der Waals surface area contributed by atoms with E-state index in [0.717, 1.165) is 21.5 Å². The van der Waals surface area contributed by atoms with E-state index in [1.54, 1.807) is 0 Å². The third-order valence-electron chi connectivity index (χ3n) is 2.02. The van der Waals surface area contributed by atoms with Crippen LogP contribution in [0.25, 0.3) is 0 Å². The van der Waals surface area contributed by atoms with E-state index in [1.165, 1.54) is 17.3 Å². The molecule has 0 bridgehead atoms. The lowest BCUT2D eigenvalue weighted by molar-refractivity contribution is 0.0692. The molecule has 0 spiro atoms. The first-order valence-corrected chi connectivity index (χ1v) is 6.87. The summed E-state index contributed by atoms with van der Waals surface area (Å²) in [5.74, 6) is -0.334. The molecule has 0 saturated heterocycles. The number of halogens is 1. The van der Waals surface area contributed by atoms with Crippen molar-refractivity contribution >= 4 is 40.9 Å². The van der Waals surface area contributed by atoms with Crippen LogP contribution in [0.4, 0.5) is 0 Å². The minimum atomic E-state index is -1.09. The molecule has 0 aliphatic carbocycles. The van der Waals surface area contributed by atoms with Gasteiger partial charge in [0.1, 0.15) is 9.23 Å². The molecule has 0 atom stereocenters. The number of rotatable bonds is 4. The topological polar surface area (TPSA) is 50.2 Å². The van der Waals surface area contributed by atoms with E-state index in [1.807, 2.05) is 30.3 Å². The molecule has 3 nitrogen and oxygen atoms in total. The van der Waals surface area contributed by atoms with Gasteiger partial charge in [-0.15, -0.1) is 11.8 Å². The Labute approximate surface area is 112 Å². The molecule has 0 radical (unpaired) electrons. The Kier molecular flexibility index (Phi) is 4.04. The summed E-state index contributed by atoms with van der Waals surface area (Å²) in [6.45, 7) is 0. The molecular weight excluding hydrogens is 278 g/mol. The number of benzene rings is 1. The van der Waals surface area contributed by atoms with Crippen LogP contribution in [0.1, 0.15) is 16.1 Å². The molecule has 0 aliphatic heterocycles. The molecule has 0 amide bonds. The summed E-state index contributed by atoms with van der Waals surface area (Å²) < 4.78 is 4.56. The molecule has 2 rings (SSSR count). The van der Waals surface area contributed by atoms with Crippen LogP contribution < -0.4 is 0 Å². The molecule has 0 aliphatic rings. The molecule has 0 saturated carbocycles. The van der Waals surface area contributed by atoms with Gasteiger partial charge in [-0.3, -0.25) is 0 Å². The molecule has 1 aromatic heterocycles. The van der Waals surface area contributed by atoms with Gasteiger partial charge in [-0.25, -0.2) is 4.79 Å². The van der Waals surface area contributed by atoms with Crippen LogP contribution >= 0.6 is 34.9 Å². The number of aromatic carboxylic acids is 1. The second-order valence-electron chi connectivity index (χ2n) is 3.21. The van der Waals surface area contributed by atoms with Crippen molar-refractivity contribution in [3.05, 3.63) is 46.6 Å². The molecule has 1 aromatic carbocycles. The Morgan fingerprint density at radius 2 is 2.12 bits per heavy atom. The zero-order chi connectivity index (χ0) is 12.3. The summed E-state index contributed by atoms with van der Waals surface area (Å²) in [5, 5.41) is 9.05. The third kappa shape index (κ3) is 3.00. The van der Waals surface area contributed by atoms with Gasteiger partial charge in [-0.05, 0) is 17.1 Å². The predicted molar refractivity (Wildman–Crippen MR) is 70.1 cm³/mol. The van der Waals surface area contributed by atoms with Crippen LogP contribution in [0.2, 0.25) is 5.02 Å². The van der Waals surface area contributed by atoms with Crippen LogP contribution in [0.5, 0.6) is 0 Å². The largest absolute Gasteiger partial charge is 0.476 e. The Morgan fingerprint density at radius 3 is 2.71 bits per heavy atom. The zero-order valence-electron chi connectivity index (χ0n) is 8.59. The van der Waals surface area contributed by atoms with E-state index in [9.17, 15) is 4.79 Å². The van der Waals surface area contributed by atoms with Gasteiger partial charge in [0.2, 0.25) is 0 Å². The normalized spacial score (nSPS) is 10.4. The van der Waals surface area contributed by atoms with Gasteiger partial charge in [0.05, 0.1) is 0 Å². The number of nitrogens with zero attached hydrogens (tertiary/aromatic N) is 1. The summed E-state index contributed by atoms with van der Waals surface area (Å²) in [7, 11) is 0. The van der Waals surface area contributed by atoms with Crippen molar-refractivity contribution in [2.75, 3.05) is 0 Å². The Hall–Kier alpha value is -1.04. The summed E-state index contributed by atoms with van der Waals surface area (Å²) in [6.07, 6.45) is 0. The summed E-state index contributed by atoms with van der Waals surface area (Å²) in [5.41, 5.74) is 1.10. The van der Waals surface area contributed by atoms with Crippen molar-refractivity contribution in [3.8, 4) is 0 Å². The molecule has 0 fully saturated rings. The SMILES string of the molecule is O=C(O)c1nsc(SCc2ccccc2)c1Cl. The number of carboxylic acid groups (broad SMARTS) is 1. The highest BCUT2D eigenvalue weighted by atomic mass is 35.5. The maximum atomic E-state index is 10.8. The highest BCUT2D eigenvalue weighted by Crippen LogP contribution is 2.35. The zero-order valence-corrected chi connectivity index (χ0v) is 11.0. The van der Waals surface area contributed by atoms with Gasteiger partial charge in [0.25, 0.3) is 0 Å². The fourth-order valence-corrected chi connectivity index (χ4v) is 3.38. The second kappa shape index (κ2) is 5.53. The highest BCUT2D eigenvalue weighted by Gasteiger charge is 2.17. The van der Waals surface area contributed by atoms with Gasteiger partial charge in [-0.2, -0.15) is 4.37 Å². The summed E-state index contributed by atoms with van der Waals surface area (Å²) >= 11 is 8.55. The Morgan fingerprint density at radius 1 is 1.41 bits per heavy atom. The van der Waals surface area contributed by atoms with Gasteiger partial charge in [0, 0.05) is 5.75 Å². The molecular formula is C11H8ClNO2S2. The first-order valence-electron chi connectivity index (χ1n) is 4.73. The van der Waals surface area contributed by atoms with Crippen LogP contribution in [0.15, 0.2) is 34.5 Å². The number of thioether (sulfide) groups is 1. The van der Waals surface area contributed by atoms with Gasteiger partial charge >= 0.3 is 5.97 Å². The fraction of sp³-hybridized carbons (Fsp3) is 0.0909. The van der Waals surface area contributed by atoms with E-state index < -0.39 is 5.97 Å². The molecule has 0 unspecified atom stereocenters. The van der Waals surface area contributed by atoms with Crippen molar-refractivity contribution < 1.29 is 9.90 Å².